The fraction of sp³-hybridized carbons (Fsp3) is 0.571. The number of anilines is 1. The second-order valence-corrected chi connectivity index (χ2v) is 5.56. The van der Waals surface area contributed by atoms with Gasteiger partial charge in [-0.25, -0.2) is 4.98 Å². The Hall–Kier alpha value is -1.64. The highest BCUT2D eigenvalue weighted by Gasteiger charge is 2.24. The van der Waals surface area contributed by atoms with Crippen LogP contribution in [0.2, 0.25) is 0 Å². The predicted octanol–water partition coefficient (Wildman–Crippen LogP) is 0.846. The van der Waals surface area contributed by atoms with E-state index in [9.17, 15) is 5.11 Å². The SMILES string of the molecule is CC(C)(O)CN1CCN(c2ncccc2C#N)CC1. The highest BCUT2D eigenvalue weighted by Crippen LogP contribution is 2.18. The van der Waals surface area contributed by atoms with E-state index < -0.39 is 5.60 Å². The molecular formula is C14H20N4O. The zero-order valence-electron chi connectivity index (χ0n) is 11.5. The van der Waals surface area contributed by atoms with Gasteiger partial charge in [0.15, 0.2) is 0 Å². The second kappa shape index (κ2) is 5.55. The third-order valence-corrected chi connectivity index (χ3v) is 3.19. The molecule has 0 saturated carbocycles. The number of nitriles is 1. The van der Waals surface area contributed by atoms with Crippen LogP contribution in [0, 0.1) is 11.3 Å². The molecule has 1 aromatic heterocycles. The van der Waals surface area contributed by atoms with Crippen molar-refractivity contribution in [1.82, 2.24) is 9.88 Å². The number of nitrogens with zero attached hydrogens (tertiary/aromatic N) is 4. The van der Waals surface area contributed by atoms with Crippen LogP contribution in [0.3, 0.4) is 0 Å². The van der Waals surface area contributed by atoms with Gasteiger partial charge in [0.25, 0.3) is 0 Å². The summed E-state index contributed by atoms with van der Waals surface area (Å²) in [7, 11) is 0. The molecule has 0 bridgehead atoms. The minimum absolute atomic E-state index is 0.624. The van der Waals surface area contributed by atoms with Crippen LogP contribution in [0.25, 0.3) is 0 Å². The summed E-state index contributed by atoms with van der Waals surface area (Å²) in [6.07, 6.45) is 1.72. The van der Waals surface area contributed by atoms with E-state index in [1.54, 1.807) is 18.3 Å². The summed E-state index contributed by atoms with van der Waals surface area (Å²) in [4.78, 5) is 8.69. The fourth-order valence-corrected chi connectivity index (χ4v) is 2.40. The lowest BCUT2D eigenvalue weighted by molar-refractivity contribution is 0.0344. The number of β-amino-alcohol motifs (C(OH)–C–C–N with tert-alkyl or cyclic N) is 1. The maximum Gasteiger partial charge on any atom is 0.146 e. The van der Waals surface area contributed by atoms with Crippen LogP contribution in [0.4, 0.5) is 5.82 Å². The quantitative estimate of drug-likeness (QED) is 0.872. The van der Waals surface area contributed by atoms with E-state index in [4.69, 9.17) is 5.26 Å². The Kier molecular flexibility index (Phi) is 4.03. The van der Waals surface area contributed by atoms with Crippen molar-refractivity contribution >= 4 is 5.82 Å². The highest BCUT2D eigenvalue weighted by atomic mass is 16.3. The third-order valence-electron chi connectivity index (χ3n) is 3.19. The molecule has 0 amide bonds. The lowest BCUT2D eigenvalue weighted by Crippen LogP contribution is -2.50. The molecular weight excluding hydrogens is 240 g/mol. The summed E-state index contributed by atoms with van der Waals surface area (Å²) in [6, 6.07) is 5.77. The summed E-state index contributed by atoms with van der Waals surface area (Å²) in [5.41, 5.74) is -0.0382. The van der Waals surface area contributed by atoms with Gasteiger partial charge in [0, 0.05) is 38.9 Å². The molecule has 5 heteroatoms. The van der Waals surface area contributed by atoms with Crippen molar-refractivity contribution in [2.75, 3.05) is 37.6 Å². The Labute approximate surface area is 114 Å². The molecule has 1 fully saturated rings. The molecule has 0 aliphatic carbocycles. The van der Waals surface area contributed by atoms with Crippen molar-refractivity contribution in [3.63, 3.8) is 0 Å². The number of aliphatic hydroxyl groups is 1. The van der Waals surface area contributed by atoms with Crippen molar-refractivity contribution < 1.29 is 5.11 Å². The third kappa shape index (κ3) is 3.66. The Morgan fingerprint density at radius 1 is 1.37 bits per heavy atom. The van der Waals surface area contributed by atoms with Gasteiger partial charge >= 0.3 is 0 Å². The highest BCUT2D eigenvalue weighted by molar-refractivity contribution is 5.53. The molecule has 2 rings (SSSR count). The average molecular weight is 260 g/mol. The van der Waals surface area contributed by atoms with E-state index >= 15 is 0 Å². The van der Waals surface area contributed by atoms with Crippen molar-refractivity contribution in [3.8, 4) is 6.07 Å². The summed E-state index contributed by atoms with van der Waals surface area (Å²) in [6.45, 7) is 7.76. The molecule has 0 spiro atoms. The number of piperazine rings is 1. The first kappa shape index (κ1) is 13.8. The maximum absolute atomic E-state index is 9.82. The molecule has 1 saturated heterocycles. The molecule has 5 nitrogen and oxygen atoms in total. The van der Waals surface area contributed by atoms with Crippen LogP contribution in [0.15, 0.2) is 18.3 Å². The molecule has 1 aromatic rings. The molecule has 0 radical (unpaired) electrons. The summed E-state index contributed by atoms with van der Waals surface area (Å²) in [5.74, 6) is 0.771. The van der Waals surface area contributed by atoms with Gasteiger partial charge in [0.05, 0.1) is 11.2 Å². The normalized spacial score (nSPS) is 17.3. The van der Waals surface area contributed by atoms with Crippen LogP contribution in [0.1, 0.15) is 19.4 Å². The predicted molar refractivity (Wildman–Crippen MR) is 73.9 cm³/mol. The van der Waals surface area contributed by atoms with Crippen molar-refractivity contribution in [2.24, 2.45) is 0 Å². The molecule has 1 aliphatic rings. The van der Waals surface area contributed by atoms with E-state index in [0.717, 1.165) is 32.0 Å². The van der Waals surface area contributed by atoms with Crippen molar-refractivity contribution in [2.45, 2.75) is 19.4 Å². The Morgan fingerprint density at radius 3 is 2.63 bits per heavy atom. The molecule has 1 aliphatic heterocycles. The van der Waals surface area contributed by atoms with E-state index in [1.807, 2.05) is 13.8 Å². The number of rotatable bonds is 3. The van der Waals surface area contributed by atoms with Crippen LogP contribution < -0.4 is 4.90 Å². The topological polar surface area (TPSA) is 63.4 Å². The minimum atomic E-state index is -0.662. The van der Waals surface area contributed by atoms with Gasteiger partial charge in [-0.05, 0) is 26.0 Å². The van der Waals surface area contributed by atoms with Gasteiger partial charge < -0.3 is 10.0 Å². The average Bonchev–Trinajstić information content (AvgIpc) is 2.38. The molecule has 102 valence electrons. The van der Waals surface area contributed by atoms with Gasteiger partial charge in [0.1, 0.15) is 11.9 Å². The molecule has 0 aromatic carbocycles. The van der Waals surface area contributed by atoms with Gasteiger partial charge in [0.2, 0.25) is 0 Å². The Bertz CT molecular complexity index is 467. The first-order chi connectivity index (χ1) is 8.99. The summed E-state index contributed by atoms with van der Waals surface area (Å²) >= 11 is 0. The Balaban J connectivity index is 1.99. The Morgan fingerprint density at radius 2 is 2.05 bits per heavy atom. The van der Waals surface area contributed by atoms with Crippen LogP contribution >= 0.6 is 0 Å². The van der Waals surface area contributed by atoms with Crippen molar-refractivity contribution in [1.29, 1.82) is 5.26 Å². The molecule has 0 unspecified atom stereocenters. The fourth-order valence-electron chi connectivity index (χ4n) is 2.40. The van der Waals surface area contributed by atoms with Crippen molar-refractivity contribution in [3.05, 3.63) is 23.9 Å². The first-order valence-electron chi connectivity index (χ1n) is 6.54. The first-order valence-corrected chi connectivity index (χ1v) is 6.54. The number of hydrogen-bond donors (Lipinski definition) is 1. The van der Waals surface area contributed by atoms with Gasteiger partial charge in [-0.3, -0.25) is 4.90 Å². The standard InChI is InChI=1S/C14H20N4O/c1-14(2,19)11-17-6-8-18(9-7-17)13-12(10-15)4-3-5-16-13/h3-5,19H,6-9,11H2,1-2H3. The summed E-state index contributed by atoms with van der Waals surface area (Å²) < 4.78 is 0. The zero-order chi connectivity index (χ0) is 13.9. The van der Waals surface area contributed by atoms with Gasteiger partial charge in [-0.15, -0.1) is 0 Å². The minimum Gasteiger partial charge on any atom is -0.389 e. The maximum atomic E-state index is 9.82. The molecule has 2 heterocycles. The lowest BCUT2D eigenvalue weighted by atomic mass is 10.1. The second-order valence-electron chi connectivity index (χ2n) is 5.56. The van der Waals surface area contributed by atoms with Crippen LogP contribution in [-0.4, -0.2) is 53.3 Å². The number of aromatic nitrogens is 1. The monoisotopic (exact) mass is 260 g/mol. The van der Waals surface area contributed by atoms with Gasteiger partial charge in [-0.1, -0.05) is 0 Å². The lowest BCUT2D eigenvalue weighted by Gasteiger charge is -2.38. The molecule has 1 N–H and O–H groups in total. The smallest absolute Gasteiger partial charge is 0.146 e. The van der Waals surface area contributed by atoms with Crippen LogP contribution in [0.5, 0.6) is 0 Å². The van der Waals surface area contributed by atoms with Crippen LogP contribution in [-0.2, 0) is 0 Å². The van der Waals surface area contributed by atoms with E-state index in [-0.39, 0.29) is 0 Å². The van der Waals surface area contributed by atoms with E-state index in [2.05, 4.69) is 20.9 Å². The van der Waals surface area contributed by atoms with E-state index in [0.29, 0.717) is 12.1 Å². The molecule has 0 atom stereocenters. The van der Waals surface area contributed by atoms with Gasteiger partial charge in [-0.2, -0.15) is 5.26 Å². The number of hydrogen-bond acceptors (Lipinski definition) is 5. The molecule has 19 heavy (non-hydrogen) atoms. The van der Waals surface area contributed by atoms with E-state index in [1.165, 1.54) is 0 Å². The number of pyridine rings is 1. The largest absolute Gasteiger partial charge is 0.389 e. The zero-order valence-corrected chi connectivity index (χ0v) is 11.5. The summed E-state index contributed by atoms with van der Waals surface area (Å²) in [5, 5.41) is 18.9.